The summed E-state index contributed by atoms with van der Waals surface area (Å²) in [6.07, 6.45) is 1.64. The van der Waals surface area contributed by atoms with Crippen LogP contribution in [0.4, 0.5) is 0 Å². The molecule has 1 amide bonds. The lowest BCUT2D eigenvalue weighted by atomic mass is 9.91. The van der Waals surface area contributed by atoms with E-state index in [9.17, 15) is 14.7 Å². The molecule has 1 fully saturated rings. The van der Waals surface area contributed by atoms with Crippen LogP contribution in [0, 0.1) is 6.92 Å². The number of nitrogens with zero attached hydrogens (tertiary/aromatic N) is 2. The molecule has 1 aromatic heterocycles. The third kappa shape index (κ3) is 5.57. The number of carbonyl (C=O) groups excluding carboxylic acids is 2. The van der Waals surface area contributed by atoms with Gasteiger partial charge in [-0.15, -0.1) is 0 Å². The Bertz CT molecular complexity index is 1610. The van der Waals surface area contributed by atoms with Crippen LogP contribution in [-0.4, -0.2) is 33.8 Å². The van der Waals surface area contributed by atoms with Crippen molar-refractivity contribution in [2.45, 2.75) is 39.3 Å². The summed E-state index contributed by atoms with van der Waals surface area (Å²) in [5, 5.41) is 11.8. The lowest BCUT2D eigenvalue weighted by Crippen LogP contribution is -2.29. The van der Waals surface area contributed by atoms with E-state index in [-0.39, 0.29) is 23.8 Å². The summed E-state index contributed by atoms with van der Waals surface area (Å²) in [4.78, 5) is 33.0. The highest BCUT2D eigenvalue weighted by Gasteiger charge is 2.46. The molecular formula is C34H32N2O5. The number of aromatic nitrogens is 1. The van der Waals surface area contributed by atoms with Gasteiger partial charge in [-0.25, -0.2) is 0 Å². The molecule has 0 aliphatic carbocycles. The van der Waals surface area contributed by atoms with E-state index in [0.29, 0.717) is 34.1 Å². The molecule has 208 valence electrons. The fourth-order valence-electron chi connectivity index (χ4n) is 5.15. The molecular weight excluding hydrogens is 516 g/mol. The molecule has 1 aliphatic rings. The van der Waals surface area contributed by atoms with Gasteiger partial charge < -0.3 is 19.5 Å². The van der Waals surface area contributed by atoms with Gasteiger partial charge in [-0.05, 0) is 78.1 Å². The maximum atomic E-state index is 13.6. The average molecular weight is 549 g/mol. The van der Waals surface area contributed by atoms with Gasteiger partial charge >= 0.3 is 0 Å². The number of hydrogen-bond donors (Lipinski definition) is 1. The quantitative estimate of drug-likeness (QED) is 0.146. The second kappa shape index (κ2) is 11.7. The van der Waals surface area contributed by atoms with Crippen LogP contribution in [0.3, 0.4) is 0 Å². The minimum absolute atomic E-state index is 0.0192. The molecule has 0 bridgehead atoms. The number of ether oxygens (including phenoxy) is 2. The van der Waals surface area contributed by atoms with Crippen molar-refractivity contribution in [3.63, 3.8) is 0 Å². The van der Waals surface area contributed by atoms with Gasteiger partial charge in [-0.1, -0.05) is 50.2 Å². The van der Waals surface area contributed by atoms with Crippen LogP contribution in [0.5, 0.6) is 17.2 Å². The Labute approximate surface area is 239 Å². The second-order valence-corrected chi connectivity index (χ2v) is 10.3. The number of benzene rings is 3. The van der Waals surface area contributed by atoms with Crippen molar-refractivity contribution in [2.75, 3.05) is 7.11 Å². The number of hydrogen-bond acceptors (Lipinski definition) is 6. The van der Waals surface area contributed by atoms with E-state index in [2.05, 4.69) is 4.98 Å². The van der Waals surface area contributed by atoms with Crippen LogP contribution >= 0.6 is 0 Å². The number of carbonyl (C=O) groups is 2. The summed E-state index contributed by atoms with van der Waals surface area (Å²) < 4.78 is 11.6. The number of rotatable bonds is 8. The summed E-state index contributed by atoms with van der Waals surface area (Å²) in [5.41, 5.74) is 3.36. The standard InChI is InChI=1S/C34H32N2O5/c1-21(2)27-19-28(22(3)17-29(27)40-4)32(37)30-31(36(34(39)33(30)38)20-24-12-8-9-16-35-24)23-11-10-15-26(18-23)41-25-13-6-5-7-14-25/h5-19,21,31,37H,20H2,1-4H3/b32-30+. The summed E-state index contributed by atoms with van der Waals surface area (Å²) in [7, 11) is 1.61. The maximum absolute atomic E-state index is 13.6. The molecule has 0 saturated carbocycles. The van der Waals surface area contributed by atoms with E-state index >= 15 is 0 Å². The second-order valence-electron chi connectivity index (χ2n) is 10.3. The number of ketones is 1. The first-order valence-corrected chi connectivity index (χ1v) is 13.5. The monoisotopic (exact) mass is 548 g/mol. The highest BCUT2D eigenvalue weighted by atomic mass is 16.5. The van der Waals surface area contributed by atoms with E-state index in [1.807, 2.05) is 87.5 Å². The maximum Gasteiger partial charge on any atom is 0.296 e. The van der Waals surface area contributed by atoms with E-state index in [1.165, 1.54) is 4.90 Å². The van der Waals surface area contributed by atoms with Gasteiger partial charge in [0.25, 0.3) is 11.7 Å². The summed E-state index contributed by atoms with van der Waals surface area (Å²) >= 11 is 0. The molecule has 41 heavy (non-hydrogen) atoms. The summed E-state index contributed by atoms with van der Waals surface area (Å²) in [5.74, 6) is 0.319. The largest absolute Gasteiger partial charge is 0.507 e. The summed E-state index contributed by atoms with van der Waals surface area (Å²) in [6, 6.07) is 24.8. The molecule has 1 atom stereocenters. The first-order valence-electron chi connectivity index (χ1n) is 13.5. The zero-order valence-electron chi connectivity index (χ0n) is 23.5. The normalized spacial score (nSPS) is 16.3. The van der Waals surface area contributed by atoms with Gasteiger partial charge in [0.05, 0.1) is 31.0 Å². The van der Waals surface area contributed by atoms with Gasteiger partial charge in [-0.3, -0.25) is 14.6 Å². The zero-order valence-corrected chi connectivity index (χ0v) is 23.5. The van der Waals surface area contributed by atoms with Crippen LogP contribution in [0.1, 0.15) is 53.8 Å². The van der Waals surface area contributed by atoms with Crippen LogP contribution < -0.4 is 9.47 Å². The third-order valence-electron chi connectivity index (χ3n) is 7.21. The van der Waals surface area contributed by atoms with Crippen molar-refractivity contribution in [3.05, 3.63) is 125 Å². The molecule has 2 heterocycles. The van der Waals surface area contributed by atoms with Crippen LogP contribution in [0.15, 0.2) is 96.7 Å². The Morgan fingerprint density at radius 1 is 0.951 bits per heavy atom. The fraction of sp³-hybridized carbons (Fsp3) is 0.206. The SMILES string of the molecule is COc1cc(C)c(/C(O)=C2\C(=O)C(=O)N(Cc3ccccn3)C2c2cccc(Oc3ccccc3)c2)cc1C(C)C. The van der Waals surface area contributed by atoms with E-state index in [0.717, 1.165) is 11.1 Å². The number of likely N-dealkylation sites (tertiary alicyclic amines) is 1. The van der Waals surface area contributed by atoms with Crippen molar-refractivity contribution in [2.24, 2.45) is 0 Å². The van der Waals surface area contributed by atoms with Gasteiger partial charge in [-0.2, -0.15) is 0 Å². The molecule has 0 spiro atoms. The van der Waals surface area contributed by atoms with E-state index in [4.69, 9.17) is 9.47 Å². The lowest BCUT2D eigenvalue weighted by Gasteiger charge is -2.26. The highest BCUT2D eigenvalue weighted by Crippen LogP contribution is 2.43. The summed E-state index contributed by atoms with van der Waals surface area (Å²) in [6.45, 7) is 5.99. The molecule has 1 N–H and O–H groups in total. The Morgan fingerprint density at radius 3 is 2.37 bits per heavy atom. The van der Waals surface area contributed by atoms with Gasteiger partial charge in [0, 0.05) is 11.8 Å². The minimum Gasteiger partial charge on any atom is -0.507 e. The van der Waals surface area contributed by atoms with Gasteiger partial charge in [0.15, 0.2) is 0 Å². The molecule has 4 aromatic rings. The van der Waals surface area contributed by atoms with Gasteiger partial charge in [0.2, 0.25) is 0 Å². The van der Waals surface area contributed by atoms with Crippen molar-refractivity contribution in [1.82, 2.24) is 9.88 Å². The van der Waals surface area contributed by atoms with Crippen molar-refractivity contribution in [1.29, 1.82) is 0 Å². The Kier molecular flexibility index (Phi) is 7.88. The number of pyridine rings is 1. The predicted molar refractivity (Wildman–Crippen MR) is 157 cm³/mol. The number of amides is 1. The number of methoxy groups -OCH3 is 1. The van der Waals surface area contributed by atoms with Crippen LogP contribution in [-0.2, 0) is 16.1 Å². The number of aryl methyl sites for hydroxylation is 1. The van der Waals surface area contributed by atoms with Crippen molar-refractivity contribution < 1.29 is 24.2 Å². The molecule has 1 aliphatic heterocycles. The van der Waals surface area contributed by atoms with Crippen LogP contribution in [0.2, 0.25) is 0 Å². The van der Waals surface area contributed by atoms with E-state index in [1.54, 1.807) is 31.5 Å². The van der Waals surface area contributed by atoms with Crippen LogP contribution in [0.25, 0.3) is 5.76 Å². The molecule has 7 nitrogen and oxygen atoms in total. The predicted octanol–water partition coefficient (Wildman–Crippen LogP) is 6.94. The molecule has 1 unspecified atom stereocenters. The molecule has 0 radical (unpaired) electrons. The zero-order chi connectivity index (χ0) is 29.1. The Balaban J connectivity index is 1.67. The third-order valence-corrected chi connectivity index (χ3v) is 7.21. The first kappa shape index (κ1) is 27.6. The smallest absolute Gasteiger partial charge is 0.296 e. The number of aliphatic hydroxyl groups excluding tert-OH is 1. The number of para-hydroxylation sites is 1. The Morgan fingerprint density at radius 2 is 1.68 bits per heavy atom. The van der Waals surface area contributed by atoms with Crippen molar-refractivity contribution in [3.8, 4) is 17.2 Å². The average Bonchev–Trinajstić information content (AvgIpc) is 3.22. The number of Topliss-reactive ketones (excluding diaryl/α,β-unsaturated/α-hetero) is 1. The van der Waals surface area contributed by atoms with Crippen molar-refractivity contribution >= 4 is 17.4 Å². The molecule has 1 saturated heterocycles. The minimum atomic E-state index is -0.861. The first-order chi connectivity index (χ1) is 19.8. The topological polar surface area (TPSA) is 89.0 Å². The van der Waals surface area contributed by atoms with E-state index < -0.39 is 17.7 Å². The number of aliphatic hydroxyl groups is 1. The lowest BCUT2D eigenvalue weighted by molar-refractivity contribution is -0.140. The highest BCUT2D eigenvalue weighted by molar-refractivity contribution is 6.46. The van der Waals surface area contributed by atoms with Gasteiger partial charge in [0.1, 0.15) is 23.0 Å². The molecule has 7 heteroatoms. The Hall–Kier alpha value is -4.91. The molecule has 3 aromatic carbocycles. The molecule has 5 rings (SSSR count). The fourth-order valence-corrected chi connectivity index (χ4v) is 5.15.